The number of thiocarbonyl (C=S) groups is 1. The van der Waals surface area contributed by atoms with Gasteiger partial charge in [0.25, 0.3) is 5.91 Å². The topological polar surface area (TPSA) is 61.6 Å². The van der Waals surface area contributed by atoms with E-state index in [4.69, 9.17) is 16.7 Å². The van der Waals surface area contributed by atoms with E-state index in [0.717, 1.165) is 44.1 Å². The molecule has 28 heavy (non-hydrogen) atoms. The third-order valence-corrected chi connectivity index (χ3v) is 7.39. The zero-order valence-electron chi connectivity index (χ0n) is 17.1. The second-order valence-electron chi connectivity index (χ2n) is 8.95. The summed E-state index contributed by atoms with van der Waals surface area (Å²) >= 11 is 5.73. The lowest BCUT2D eigenvalue weighted by molar-refractivity contribution is 0.0596. The molecule has 0 unspecified atom stereocenters. The summed E-state index contributed by atoms with van der Waals surface area (Å²) in [5, 5.41) is 8.49. The number of carbonyl (C=O) groups is 1. The maximum Gasteiger partial charge on any atom is 0.259 e. The first-order valence-electron chi connectivity index (χ1n) is 10.8. The van der Waals surface area contributed by atoms with Gasteiger partial charge in [0.1, 0.15) is 11.3 Å². The minimum absolute atomic E-state index is 0.0652. The van der Waals surface area contributed by atoms with Crippen LogP contribution in [0.25, 0.3) is 0 Å². The van der Waals surface area contributed by atoms with Crippen molar-refractivity contribution in [2.75, 3.05) is 26.2 Å². The van der Waals surface area contributed by atoms with Gasteiger partial charge in [-0.25, -0.2) is 0 Å². The molecule has 0 aromatic carbocycles. The van der Waals surface area contributed by atoms with Crippen molar-refractivity contribution in [1.29, 1.82) is 0 Å². The van der Waals surface area contributed by atoms with Crippen LogP contribution in [0.3, 0.4) is 0 Å². The normalized spacial score (nSPS) is 22.6. The SMILES string of the molecule is Cc1noc(C)c1C(=O)N1CCC2(CC1)CCN(C(=S)NC1CCCCC1)C2. The number of likely N-dealkylation sites (tertiary alicyclic amines) is 2. The lowest BCUT2D eigenvalue weighted by Crippen LogP contribution is -2.47. The van der Waals surface area contributed by atoms with Gasteiger partial charge in [-0.3, -0.25) is 4.79 Å². The van der Waals surface area contributed by atoms with Crippen LogP contribution in [-0.2, 0) is 0 Å². The van der Waals surface area contributed by atoms with Gasteiger partial charge in [-0.1, -0.05) is 24.4 Å². The molecule has 154 valence electrons. The summed E-state index contributed by atoms with van der Waals surface area (Å²) in [6.45, 7) is 7.33. The molecule has 1 spiro atoms. The molecular weight excluding hydrogens is 372 g/mol. The van der Waals surface area contributed by atoms with E-state index >= 15 is 0 Å². The van der Waals surface area contributed by atoms with E-state index < -0.39 is 0 Å². The molecule has 1 N–H and O–H groups in total. The van der Waals surface area contributed by atoms with Crippen molar-refractivity contribution < 1.29 is 9.32 Å². The average molecular weight is 405 g/mol. The first-order valence-corrected chi connectivity index (χ1v) is 11.2. The fourth-order valence-electron chi connectivity index (χ4n) is 5.16. The lowest BCUT2D eigenvalue weighted by Gasteiger charge is -2.39. The van der Waals surface area contributed by atoms with Crippen LogP contribution in [0.5, 0.6) is 0 Å². The van der Waals surface area contributed by atoms with Crippen LogP contribution >= 0.6 is 12.2 Å². The van der Waals surface area contributed by atoms with Gasteiger partial charge < -0.3 is 19.6 Å². The maximum absolute atomic E-state index is 12.9. The molecule has 0 radical (unpaired) electrons. The van der Waals surface area contributed by atoms with Crippen LogP contribution in [0.15, 0.2) is 4.52 Å². The minimum atomic E-state index is 0.0652. The first-order chi connectivity index (χ1) is 13.5. The smallest absolute Gasteiger partial charge is 0.259 e. The second-order valence-corrected chi connectivity index (χ2v) is 9.33. The molecule has 3 fully saturated rings. The molecule has 3 aliphatic rings. The van der Waals surface area contributed by atoms with Gasteiger partial charge in [-0.15, -0.1) is 0 Å². The molecule has 4 rings (SSSR count). The van der Waals surface area contributed by atoms with Crippen LogP contribution in [0.2, 0.25) is 0 Å². The fraction of sp³-hybridized carbons (Fsp3) is 0.762. The minimum Gasteiger partial charge on any atom is -0.361 e. The third kappa shape index (κ3) is 3.91. The van der Waals surface area contributed by atoms with Gasteiger partial charge in [0.15, 0.2) is 5.11 Å². The van der Waals surface area contributed by atoms with Gasteiger partial charge in [0.2, 0.25) is 0 Å². The quantitative estimate of drug-likeness (QED) is 0.762. The second kappa shape index (κ2) is 8.01. The Morgan fingerprint density at radius 1 is 1.11 bits per heavy atom. The highest BCUT2D eigenvalue weighted by Gasteiger charge is 2.42. The predicted octanol–water partition coefficient (Wildman–Crippen LogP) is 3.43. The number of hydrogen-bond donors (Lipinski definition) is 1. The van der Waals surface area contributed by atoms with Crippen LogP contribution < -0.4 is 5.32 Å². The van der Waals surface area contributed by atoms with Crippen molar-refractivity contribution in [3.8, 4) is 0 Å². The number of nitrogens with one attached hydrogen (secondary N) is 1. The van der Waals surface area contributed by atoms with E-state index in [2.05, 4.69) is 15.4 Å². The van der Waals surface area contributed by atoms with Gasteiger partial charge in [0, 0.05) is 32.2 Å². The number of piperidine rings is 1. The summed E-state index contributed by atoms with van der Waals surface area (Å²) in [5.74, 6) is 0.685. The van der Waals surface area contributed by atoms with Crippen LogP contribution in [-0.4, -0.2) is 58.2 Å². The largest absolute Gasteiger partial charge is 0.361 e. The zero-order valence-corrected chi connectivity index (χ0v) is 17.9. The van der Waals surface area contributed by atoms with Gasteiger partial charge >= 0.3 is 0 Å². The maximum atomic E-state index is 12.9. The molecule has 2 saturated heterocycles. The molecule has 1 saturated carbocycles. The van der Waals surface area contributed by atoms with Crippen molar-refractivity contribution in [2.45, 2.75) is 71.3 Å². The van der Waals surface area contributed by atoms with E-state index in [1.165, 1.54) is 38.5 Å². The fourth-order valence-corrected chi connectivity index (χ4v) is 5.48. The van der Waals surface area contributed by atoms with Crippen LogP contribution in [0.4, 0.5) is 0 Å². The number of aryl methyl sites for hydroxylation is 2. The molecule has 3 heterocycles. The number of aromatic nitrogens is 1. The Labute approximate surface area is 173 Å². The Balaban J connectivity index is 1.31. The summed E-state index contributed by atoms with van der Waals surface area (Å²) in [4.78, 5) is 17.2. The summed E-state index contributed by atoms with van der Waals surface area (Å²) < 4.78 is 5.18. The zero-order chi connectivity index (χ0) is 19.7. The Morgan fingerprint density at radius 3 is 2.36 bits per heavy atom. The van der Waals surface area contributed by atoms with Crippen molar-refractivity contribution in [3.63, 3.8) is 0 Å². The summed E-state index contributed by atoms with van der Waals surface area (Å²) in [5.41, 5.74) is 1.63. The molecular formula is C21H32N4O2S. The van der Waals surface area contributed by atoms with Crippen LogP contribution in [0, 0.1) is 19.3 Å². The van der Waals surface area contributed by atoms with Crippen molar-refractivity contribution in [3.05, 3.63) is 17.0 Å². The van der Waals surface area contributed by atoms with E-state index in [0.29, 0.717) is 28.5 Å². The third-order valence-electron chi connectivity index (χ3n) is 7.02. The molecule has 0 atom stereocenters. The molecule has 0 bridgehead atoms. The highest BCUT2D eigenvalue weighted by Crippen LogP contribution is 2.41. The van der Waals surface area contributed by atoms with Crippen molar-refractivity contribution in [1.82, 2.24) is 20.3 Å². The molecule has 2 aliphatic heterocycles. The number of rotatable bonds is 2. The number of amides is 1. The van der Waals surface area contributed by atoms with Gasteiger partial charge in [0.05, 0.1) is 5.69 Å². The number of nitrogens with zero attached hydrogens (tertiary/aromatic N) is 3. The Hall–Kier alpha value is -1.63. The summed E-state index contributed by atoms with van der Waals surface area (Å²) in [6, 6.07) is 0.562. The number of carbonyl (C=O) groups excluding carboxylic acids is 1. The first kappa shape index (κ1) is 19.7. The summed E-state index contributed by atoms with van der Waals surface area (Å²) in [7, 11) is 0. The van der Waals surface area contributed by atoms with E-state index in [1.54, 1.807) is 0 Å². The molecule has 1 aromatic heterocycles. The van der Waals surface area contributed by atoms with Crippen molar-refractivity contribution >= 4 is 23.2 Å². The molecule has 6 nitrogen and oxygen atoms in total. The highest BCUT2D eigenvalue weighted by atomic mass is 32.1. The van der Waals surface area contributed by atoms with Crippen molar-refractivity contribution in [2.24, 2.45) is 5.41 Å². The highest BCUT2D eigenvalue weighted by molar-refractivity contribution is 7.80. The molecule has 7 heteroatoms. The Kier molecular flexibility index (Phi) is 5.63. The standard InChI is InChI=1S/C21H32N4O2S/c1-15-18(16(2)27-23-15)19(26)24-11-8-21(9-12-24)10-13-25(14-21)20(28)22-17-6-4-3-5-7-17/h17H,3-14H2,1-2H3,(H,22,28). The molecule has 1 aromatic rings. The van der Waals surface area contributed by atoms with E-state index in [-0.39, 0.29) is 5.91 Å². The monoisotopic (exact) mass is 404 g/mol. The Bertz CT molecular complexity index is 713. The van der Waals surface area contributed by atoms with E-state index in [9.17, 15) is 4.79 Å². The van der Waals surface area contributed by atoms with Gasteiger partial charge in [-0.2, -0.15) is 0 Å². The average Bonchev–Trinajstić information content (AvgIpc) is 3.26. The van der Waals surface area contributed by atoms with Crippen LogP contribution in [0.1, 0.15) is 73.2 Å². The number of hydrogen-bond acceptors (Lipinski definition) is 4. The van der Waals surface area contributed by atoms with E-state index in [1.807, 2.05) is 18.7 Å². The summed E-state index contributed by atoms with van der Waals surface area (Å²) in [6.07, 6.45) is 9.76. The lowest BCUT2D eigenvalue weighted by atomic mass is 9.77. The molecule has 1 aliphatic carbocycles. The Morgan fingerprint density at radius 2 is 1.75 bits per heavy atom. The molecule has 1 amide bonds. The van der Waals surface area contributed by atoms with Gasteiger partial charge in [-0.05, 0) is 63.6 Å². The predicted molar refractivity (Wildman–Crippen MR) is 112 cm³/mol.